The smallest absolute Gasteiger partial charge is 0.106 e. The molecule has 0 amide bonds. The summed E-state index contributed by atoms with van der Waals surface area (Å²) in [5.74, 6) is 0. The third-order valence-electron chi connectivity index (χ3n) is 3.66. The number of hydrogen-bond donors (Lipinski definition) is 1. The Hall–Kier alpha value is -1.12. The number of rotatable bonds is 3. The molecule has 1 saturated heterocycles. The molecule has 1 aliphatic heterocycles. The van der Waals surface area contributed by atoms with Gasteiger partial charge in [-0.05, 0) is 18.9 Å². The summed E-state index contributed by atoms with van der Waals surface area (Å²) in [6.07, 6.45) is 2.69. The second kappa shape index (κ2) is 4.40. The Balaban J connectivity index is 2.24. The van der Waals surface area contributed by atoms with Crippen LogP contribution in [0.4, 0.5) is 0 Å². The topological polar surface area (TPSA) is 23.5 Å². The molecule has 0 aromatic heterocycles. The molecule has 0 aliphatic carbocycles. The molecule has 0 saturated carbocycles. The van der Waals surface area contributed by atoms with Gasteiger partial charge in [0.25, 0.3) is 0 Å². The van der Waals surface area contributed by atoms with Crippen LogP contribution in [0, 0.1) is 0 Å². The van der Waals surface area contributed by atoms with Crippen molar-refractivity contribution in [1.29, 1.82) is 0 Å². The van der Waals surface area contributed by atoms with Gasteiger partial charge in [0.05, 0.1) is 0 Å². The summed E-state index contributed by atoms with van der Waals surface area (Å²) < 4.78 is 0. The lowest BCUT2D eigenvalue weighted by Gasteiger charge is -2.31. The number of hydrogen-bond acceptors (Lipinski definition) is 2. The molecule has 86 valence electrons. The van der Waals surface area contributed by atoms with Crippen molar-refractivity contribution in [3.63, 3.8) is 0 Å². The lowest BCUT2D eigenvalue weighted by Crippen LogP contribution is -2.40. The number of benzene rings is 1. The summed E-state index contributed by atoms with van der Waals surface area (Å²) in [5, 5.41) is 10.8. The Morgan fingerprint density at radius 3 is 2.81 bits per heavy atom. The normalized spacial score (nSPS) is 30.5. The Kier molecular flexibility index (Phi) is 3.13. The first-order valence-corrected chi connectivity index (χ1v) is 5.81. The summed E-state index contributed by atoms with van der Waals surface area (Å²) in [4.78, 5) is 2.26. The molecule has 1 N–H and O–H groups in total. The van der Waals surface area contributed by atoms with Crippen molar-refractivity contribution >= 4 is 0 Å². The van der Waals surface area contributed by atoms with Crippen LogP contribution in [0.2, 0.25) is 0 Å². The van der Waals surface area contributed by atoms with E-state index in [1.807, 2.05) is 36.4 Å². The van der Waals surface area contributed by atoms with Crippen LogP contribution in [-0.4, -0.2) is 29.1 Å². The minimum atomic E-state index is -0.704. The second-order valence-corrected chi connectivity index (χ2v) is 4.50. The summed E-state index contributed by atoms with van der Waals surface area (Å²) in [6, 6.07) is 10.1. The van der Waals surface area contributed by atoms with E-state index in [9.17, 15) is 5.11 Å². The van der Waals surface area contributed by atoms with Crippen molar-refractivity contribution in [3.05, 3.63) is 48.6 Å². The van der Waals surface area contributed by atoms with Crippen LogP contribution in [0.15, 0.2) is 43.0 Å². The predicted octanol–water partition coefficient (Wildman–Crippen LogP) is 2.15. The maximum absolute atomic E-state index is 10.8. The fourth-order valence-corrected chi connectivity index (χ4v) is 2.55. The van der Waals surface area contributed by atoms with E-state index >= 15 is 0 Å². The van der Waals surface area contributed by atoms with Crippen molar-refractivity contribution in [3.8, 4) is 0 Å². The maximum Gasteiger partial charge on any atom is 0.106 e. The molecule has 2 heteroatoms. The summed E-state index contributed by atoms with van der Waals surface area (Å²) in [5.41, 5.74) is 0.318. The van der Waals surface area contributed by atoms with Crippen LogP contribution in [-0.2, 0) is 5.60 Å². The molecule has 0 bridgehead atoms. The molecule has 2 unspecified atom stereocenters. The standard InChI is InChI=1S/C14H19NO/c1-3-10-15-11-9-14(16,12(15)2)13-7-5-4-6-8-13/h3-8,12,16H,1,9-11H2,2H3. The number of likely N-dealkylation sites (tertiary alicyclic amines) is 1. The summed E-state index contributed by atoms with van der Waals surface area (Å²) >= 11 is 0. The van der Waals surface area contributed by atoms with Crippen molar-refractivity contribution in [2.75, 3.05) is 13.1 Å². The summed E-state index contributed by atoms with van der Waals surface area (Å²) in [6.45, 7) is 7.62. The quantitative estimate of drug-likeness (QED) is 0.784. The molecular formula is C14H19NO. The van der Waals surface area contributed by atoms with Gasteiger partial charge >= 0.3 is 0 Å². The van der Waals surface area contributed by atoms with Gasteiger partial charge in [-0.15, -0.1) is 6.58 Å². The van der Waals surface area contributed by atoms with E-state index in [-0.39, 0.29) is 6.04 Å². The highest BCUT2D eigenvalue weighted by molar-refractivity contribution is 5.26. The Labute approximate surface area is 97.2 Å². The minimum Gasteiger partial charge on any atom is -0.383 e. The molecule has 1 aliphatic rings. The van der Waals surface area contributed by atoms with E-state index in [0.29, 0.717) is 0 Å². The highest BCUT2D eigenvalue weighted by Gasteiger charge is 2.43. The molecule has 1 heterocycles. The fraction of sp³-hybridized carbons (Fsp3) is 0.429. The lowest BCUT2D eigenvalue weighted by molar-refractivity contribution is 0.00835. The SMILES string of the molecule is C=CCN1CCC(O)(c2ccccc2)C1C. The zero-order valence-electron chi connectivity index (χ0n) is 9.76. The van der Waals surface area contributed by atoms with E-state index in [1.165, 1.54) is 0 Å². The Morgan fingerprint density at radius 1 is 1.50 bits per heavy atom. The molecule has 2 atom stereocenters. The van der Waals surface area contributed by atoms with Crippen molar-refractivity contribution in [2.45, 2.75) is 25.0 Å². The van der Waals surface area contributed by atoms with Gasteiger partial charge in [-0.2, -0.15) is 0 Å². The van der Waals surface area contributed by atoms with E-state index in [2.05, 4.69) is 18.4 Å². The van der Waals surface area contributed by atoms with Crippen LogP contribution >= 0.6 is 0 Å². The average Bonchev–Trinajstić information content (AvgIpc) is 2.61. The maximum atomic E-state index is 10.8. The third kappa shape index (κ3) is 1.79. The summed E-state index contributed by atoms with van der Waals surface area (Å²) in [7, 11) is 0. The molecule has 0 spiro atoms. The van der Waals surface area contributed by atoms with Gasteiger partial charge in [0.1, 0.15) is 5.60 Å². The molecule has 16 heavy (non-hydrogen) atoms. The van der Waals surface area contributed by atoms with Gasteiger partial charge in [0.15, 0.2) is 0 Å². The largest absolute Gasteiger partial charge is 0.383 e. The fourth-order valence-electron chi connectivity index (χ4n) is 2.55. The van der Waals surface area contributed by atoms with Crippen LogP contribution in [0.1, 0.15) is 18.9 Å². The highest BCUT2D eigenvalue weighted by Crippen LogP contribution is 2.37. The molecule has 1 fully saturated rings. The Bertz CT molecular complexity index is 362. The van der Waals surface area contributed by atoms with Crippen molar-refractivity contribution < 1.29 is 5.11 Å². The van der Waals surface area contributed by atoms with Gasteiger partial charge in [0, 0.05) is 19.1 Å². The van der Waals surface area contributed by atoms with Gasteiger partial charge < -0.3 is 5.11 Å². The predicted molar refractivity (Wildman–Crippen MR) is 66.2 cm³/mol. The van der Waals surface area contributed by atoms with Gasteiger partial charge in [-0.1, -0.05) is 36.4 Å². The first kappa shape index (κ1) is 11.4. The van der Waals surface area contributed by atoms with E-state index in [4.69, 9.17) is 0 Å². The molecular weight excluding hydrogens is 198 g/mol. The van der Waals surface area contributed by atoms with Gasteiger partial charge in [0.2, 0.25) is 0 Å². The van der Waals surface area contributed by atoms with Crippen LogP contribution in [0.25, 0.3) is 0 Å². The average molecular weight is 217 g/mol. The van der Waals surface area contributed by atoms with Crippen molar-refractivity contribution in [1.82, 2.24) is 4.90 Å². The third-order valence-corrected chi connectivity index (χ3v) is 3.66. The zero-order chi connectivity index (χ0) is 11.6. The molecule has 1 aromatic rings. The van der Waals surface area contributed by atoms with Gasteiger partial charge in [-0.3, -0.25) is 4.90 Å². The second-order valence-electron chi connectivity index (χ2n) is 4.50. The molecule has 0 radical (unpaired) electrons. The Morgan fingerprint density at radius 2 is 2.19 bits per heavy atom. The minimum absolute atomic E-state index is 0.146. The molecule has 2 rings (SSSR count). The van der Waals surface area contributed by atoms with Crippen LogP contribution in [0.3, 0.4) is 0 Å². The van der Waals surface area contributed by atoms with Crippen LogP contribution < -0.4 is 0 Å². The van der Waals surface area contributed by atoms with Gasteiger partial charge in [-0.25, -0.2) is 0 Å². The molecule has 2 nitrogen and oxygen atoms in total. The molecule has 1 aromatic carbocycles. The zero-order valence-corrected chi connectivity index (χ0v) is 9.76. The number of aliphatic hydroxyl groups is 1. The van der Waals surface area contributed by atoms with Crippen molar-refractivity contribution in [2.24, 2.45) is 0 Å². The highest BCUT2D eigenvalue weighted by atomic mass is 16.3. The van der Waals surface area contributed by atoms with E-state index in [0.717, 1.165) is 25.1 Å². The van der Waals surface area contributed by atoms with E-state index < -0.39 is 5.60 Å². The number of nitrogens with zero attached hydrogens (tertiary/aromatic N) is 1. The lowest BCUT2D eigenvalue weighted by atomic mass is 9.87. The van der Waals surface area contributed by atoms with Crippen LogP contribution in [0.5, 0.6) is 0 Å². The first-order valence-electron chi connectivity index (χ1n) is 5.81. The first-order chi connectivity index (χ1) is 7.68. The van der Waals surface area contributed by atoms with E-state index in [1.54, 1.807) is 0 Å². The monoisotopic (exact) mass is 217 g/mol.